The summed E-state index contributed by atoms with van der Waals surface area (Å²) < 4.78 is 11.3. The highest BCUT2D eigenvalue weighted by Crippen LogP contribution is 2.36. The Labute approximate surface area is 183 Å². The highest BCUT2D eigenvalue weighted by molar-refractivity contribution is 8.00. The number of para-hydroxylation sites is 2. The molecule has 0 aliphatic carbocycles. The molecule has 0 saturated carbocycles. The van der Waals surface area contributed by atoms with E-state index in [1.165, 1.54) is 11.8 Å². The normalized spacial score (nSPS) is 20.3. The number of amides is 3. The number of carbonyl (C=O) groups excluding carboxylic acids is 3. The van der Waals surface area contributed by atoms with Gasteiger partial charge in [-0.05, 0) is 30.3 Å². The zero-order valence-corrected chi connectivity index (χ0v) is 17.5. The molecule has 0 radical (unpaired) electrons. The van der Waals surface area contributed by atoms with Crippen LogP contribution >= 0.6 is 11.8 Å². The lowest BCUT2D eigenvalue weighted by Gasteiger charge is -2.37. The molecule has 3 heterocycles. The monoisotopic (exact) mass is 439 g/mol. The van der Waals surface area contributed by atoms with Gasteiger partial charge in [0.15, 0.2) is 6.10 Å². The van der Waals surface area contributed by atoms with Gasteiger partial charge in [-0.2, -0.15) is 0 Å². The van der Waals surface area contributed by atoms with E-state index in [4.69, 9.17) is 9.47 Å². The number of thioether (sulfide) groups is 1. The summed E-state index contributed by atoms with van der Waals surface area (Å²) in [6, 6.07) is 12.5. The Kier molecular flexibility index (Phi) is 5.29. The van der Waals surface area contributed by atoms with Gasteiger partial charge in [0.1, 0.15) is 5.75 Å². The SMILES string of the molecule is O=C1CSc2ccc(C(=O)N3CC(C(=O)N4CCOCC4)Oc4ccccc43)cc2N1. The molecule has 1 N–H and O–H groups in total. The lowest BCUT2D eigenvalue weighted by molar-refractivity contribution is -0.142. The number of ether oxygens (including phenoxy) is 2. The summed E-state index contributed by atoms with van der Waals surface area (Å²) in [4.78, 5) is 42.5. The maximum absolute atomic E-state index is 13.5. The van der Waals surface area contributed by atoms with E-state index >= 15 is 0 Å². The van der Waals surface area contributed by atoms with Crippen molar-refractivity contribution in [2.24, 2.45) is 0 Å². The second-order valence-electron chi connectivity index (χ2n) is 7.48. The van der Waals surface area contributed by atoms with Gasteiger partial charge in [0.2, 0.25) is 5.91 Å². The zero-order valence-electron chi connectivity index (χ0n) is 16.7. The number of anilines is 2. The summed E-state index contributed by atoms with van der Waals surface area (Å²) in [6.07, 6.45) is -0.787. The first-order valence-electron chi connectivity index (χ1n) is 10.1. The topological polar surface area (TPSA) is 88.2 Å². The number of hydrogen-bond donors (Lipinski definition) is 1. The van der Waals surface area contributed by atoms with Crippen molar-refractivity contribution in [3.8, 4) is 5.75 Å². The van der Waals surface area contributed by atoms with Gasteiger partial charge in [0.25, 0.3) is 11.8 Å². The second-order valence-corrected chi connectivity index (χ2v) is 8.49. The van der Waals surface area contributed by atoms with Crippen LogP contribution in [0.5, 0.6) is 5.75 Å². The zero-order chi connectivity index (χ0) is 21.4. The number of nitrogens with zero attached hydrogens (tertiary/aromatic N) is 2. The van der Waals surface area contributed by atoms with Crippen molar-refractivity contribution in [3.63, 3.8) is 0 Å². The summed E-state index contributed by atoms with van der Waals surface area (Å²) >= 11 is 1.44. The Morgan fingerprint density at radius 1 is 1.10 bits per heavy atom. The fraction of sp³-hybridized carbons (Fsp3) is 0.318. The second kappa shape index (κ2) is 8.24. The average molecular weight is 439 g/mol. The maximum atomic E-state index is 13.5. The van der Waals surface area contributed by atoms with Crippen LogP contribution in [0.2, 0.25) is 0 Å². The van der Waals surface area contributed by atoms with Crippen LogP contribution in [0.4, 0.5) is 11.4 Å². The maximum Gasteiger partial charge on any atom is 0.265 e. The third-order valence-corrected chi connectivity index (χ3v) is 6.55. The molecule has 0 aromatic heterocycles. The Balaban J connectivity index is 1.44. The van der Waals surface area contributed by atoms with E-state index in [1.54, 1.807) is 34.1 Å². The van der Waals surface area contributed by atoms with Crippen molar-refractivity contribution in [3.05, 3.63) is 48.0 Å². The van der Waals surface area contributed by atoms with Gasteiger partial charge < -0.3 is 24.6 Å². The van der Waals surface area contributed by atoms with Crippen LogP contribution < -0.4 is 15.0 Å². The third kappa shape index (κ3) is 3.86. The van der Waals surface area contributed by atoms with Gasteiger partial charge in [-0.25, -0.2) is 0 Å². The summed E-state index contributed by atoms with van der Waals surface area (Å²) in [7, 11) is 0. The van der Waals surface area contributed by atoms with Crippen molar-refractivity contribution < 1.29 is 23.9 Å². The van der Waals surface area contributed by atoms with E-state index in [1.807, 2.05) is 18.2 Å². The predicted molar refractivity (Wildman–Crippen MR) is 116 cm³/mol. The number of carbonyl (C=O) groups is 3. The van der Waals surface area contributed by atoms with Crippen LogP contribution in [-0.4, -0.2) is 67.3 Å². The summed E-state index contributed by atoms with van der Waals surface area (Å²) in [5, 5.41) is 2.82. The molecule has 8 nitrogen and oxygen atoms in total. The fourth-order valence-corrected chi connectivity index (χ4v) is 4.70. The van der Waals surface area contributed by atoms with E-state index in [9.17, 15) is 14.4 Å². The first-order chi connectivity index (χ1) is 15.1. The standard InChI is InChI=1S/C22H21N3O5S/c26-20-13-31-19-6-5-14(11-15(19)23-20)21(27)25-12-18(22(28)24-7-9-29-10-8-24)30-17-4-2-1-3-16(17)25/h1-6,11,18H,7-10,12-13H2,(H,23,26). The lowest BCUT2D eigenvalue weighted by Crippen LogP contribution is -2.54. The van der Waals surface area contributed by atoms with Crippen molar-refractivity contribution in [1.82, 2.24) is 4.90 Å². The van der Waals surface area contributed by atoms with E-state index in [0.29, 0.717) is 54.7 Å². The smallest absolute Gasteiger partial charge is 0.265 e. The van der Waals surface area contributed by atoms with Crippen molar-refractivity contribution in [2.45, 2.75) is 11.0 Å². The van der Waals surface area contributed by atoms with Gasteiger partial charge in [-0.1, -0.05) is 12.1 Å². The number of nitrogens with one attached hydrogen (secondary N) is 1. The number of morpholine rings is 1. The molecule has 3 aliphatic rings. The quantitative estimate of drug-likeness (QED) is 0.770. The third-order valence-electron chi connectivity index (χ3n) is 5.48. The van der Waals surface area contributed by atoms with E-state index in [-0.39, 0.29) is 24.3 Å². The molecule has 9 heteroatoms. The molecule has 2 aromatic carbocycles. The Hall–Kier alpha value is -3.04. The number of hydrogen-bond acceptors (Lipinski definition) is 6. The minimum absolute atomic E-state index is 0.0880. The molecule has 160 valence electrons. The van der Waals surface area contributed by atoms with E-state index in [0.717, 1.165) is 4.90 Å². The van der Waals surface area contributed by atoms with Crippen LogP contribution in [0.15, 0.2) is 47.4 Å². The Morgan fingerprint density at radius 2 is 1.90 bits per heavy atom. The first-order valence-corrected chi connectivity index (χ1v) is 11.1. The van der Waals surface area contributed by atoms with Crippen LogP contribution in [-0.2, 0) is 14.3 Å². The molecule has 0 bridgehead atoms. The molecule has 1 saturated heterocycles. The molecule has 3 amide bonds. The van der Waals surface area contributed by atoms with Gasteiger partial charge >= 0.3 is 0 Å². The highest BCUT2D eigenvalue weighted by Gasteiger charge is 2.37. The van der Waals surface area contributed by atoms with Crippen molar-refractivity contribution in [1.29, 1.82) is 0 Å². The minimum atomic E-state index is -0.787. The molecule has 1 atom stereocenters. The van der Waals surface area contributed by atoms with Gasteiger partial charge in [0, 0.05) is 23.5 Å². The average Bonchev–Trinajstić information content (AvgIpc) is 2.82. The summed E-state index contributed by atoms with van der Waals surface area (Å²) in [5.74, 6) is 0.376. The van der Waals surface area contributed by atoms with Gasteiger partial charge in [0.05, 0.1) is 36.9 Å². The van der Waals surface area contributed by atoms with Crippen LogP contribution in [0.1, 0.15) is 10.4 Å². The Bertz CT molecular complexity index is 1050. The molecule has 31 heavy (non-hydrogen) atoms. The van der Waals surface area contributed by atoms with Crippen LogP contribution in [0.25, 0.3) is 0 Å². The predicted octanol–water partition coefficient (Wildman–Crippen LogP) is 2.00. The number of fused-ring (bicyclic) bond motifs is 2. The molecule has 3 aliphatic heterocycles. The molecule has 5 rings (SSSR count). The number of benzene rings is 2. The fourth-order valence-electron chi connectivity index (χ4n) is 3.91. The van der Waals surface area contributed by atoms with Crippen LogP contribution in [0, 0.1) is 0 Å². The molecule has 0 spiro atoms. The minimum Gasteiger partial charge on any atom is -0.476 e. The molecule has 2 aromatic rings. The molecule has 1 unspecified atom stereocenters. The summed E-state index contributed by atoms with van der Waals surface area (Å²) in [6.45, 7) is 2.13. The molecular formula is C22H21N3O5S. The largest absolute Gasteiger partial charge is 0.476 e. The molecule has 1 fully saturated rings. The van der Waals surface area contributed by atoms with Gasteiger partial charge in [-0.3, -0.25) is 14.4 Å². The highest BCUT2D eigenvalue weighted by atomic mass is 32.2. The van der Waals surface area contributed by atoms with Crippen molar-refractivity contribution in [2.75, 3.05) is 48.8 Å². The Morgan fingerprint density at radius 3 is 2.74 bits per heavy atom. The lowest BCUT2D eigenvalue weighted by atomic mass is 10.1. The molecular weight excluding hydrogens is 418 g/mol. The van der Waals surface area contributed by atoms with E-state index < -0.39 is 6.10 Å². The van der Waals surface area contributed by atoms with Gasteiger partial charge in [-0.15, -0.1) is 11.8 Å². The number of rotatable bonds is 2. The summed E-state index contributed by atoms with van der Waals surface area (Å²) in [5.41, 5.74) is 1.69. The first kappa shape index (κ1) is 19.9. The van der Waals surface area contributed by atoms with Crippen molar-refractivity contribution >= 4 is 40.9 Å². The van der Waals surface area contributed by atoms with Crippen LogP contribution in [0.3, 0.4) is 0 Å². The van der Waals surface area contributed by atoms with E-state index in [2.05, 4.69) is 5.32 Å².